The predicted octanol–water partition coefficient (Wildman–Crippen LogP) is 1.43. The second-order valence-electron chi connectivity index (χ2n) is 3.66. The van der Waals surface area contributed by atoms with Crippen LogP contribution >= 0.6 is 0 Å². The van der Waals surface area contributed by atoms with E-state index in [1.54, 1.807) is 0 Å². The molecule has 0 aromatic heterocycles. The minimum Gasteiger partial charge on any atom is -0.372 e. The molecule has 0 aliphatic heterocycles. The molecule has 0 spiro atoms. The molecule has 0 saturated heterocycles. The van der Waals surface area contributed by atoms with Crippen molar-refractivity contribution < 1.29 is 9.53 Å². The third-order valence-electron chi connectivity index (χ3n) is 2.20. The van der Waals surface area contributed by atoms with Gasteiger partial charge in [0.25, 0.3) is 0 Å². The Labute approximate surface area is 80.8 Å². The van der Waals surface area contributed by atoms with Crippen LogP contribution in [0.5, 0.6) is 0 Å². The molecule has 1 amide bonds. The molecule has 0 heterocycles. The lowest BCUT2D eigenvalue weighted by atomic mass is 9.98. The van der Waals surface area contributed by atoms with Crippen molar-refractivity contribution in [3.05, 3.63) is 0 Å². The van der Waals surface area contributed by atoms with E-state index in [9.17, 15) is 4.79 Å². The average molecular weight is 187 g/mol. The molecule has 78 valence electrons. The van der Waals surface area contributed by atoms with Crippen molar-refractivity contribution >= 4 is 5.91 Å². The maximum absolute atomic E-state index is 11.1. The summed E-state index contributed by atoms with van der Waals surface area (Å²) in [5, 5.41) is 2.83. The van der Waals surface area contributed by atoms with Crippen molar-refractivity contribution in [2.45, 2.75) is 27.7 Å². The van der Waals surface area contributed by atoms with E-state index in [1.807, 2.05) is 6.92 Å². The van der Waals surface area contributed by atoms with E-state index in [4.69, 9.17) is 4.74 Å². The van der Waals surface area contributed by atoms with Crippen LogP contribution < -0.4 is 5.32 Å². The molecule has 0 aromatic carbocycles. The van der Waals surface area contributed by atoms with Gasteiger partial charge in [-0.1, -0.05) is 20.8 Å². The number of ether oxygens (including phenoxy) is 1. The smallest absolute Gasteiger partial charge is 0.246 e. The third-order valence-corrected chi connectivity index (χ3v) is 2.20. The van der Waals surface area contributed by atoms with E-state index in [2.05, 4.69) is 26.1 Å². The van der Waals surface area contributed by atoms with Crippen molar-refractivity contribution in [2.75, 3.05) is 19.8 Å². The first-order valence-corrected chi connectivity index (χ1v) is 4.92. The van der Waals surface area contributed by atoms with Crippen molar-refractivity contribution in [1.29, 1.82) is 0 Å². The Kier molecular flexibility index (Phi) is 6.59. The van der Waals surface area contributed by atoms with Crippen molar-refractivity contribution in [3.8, 4) is 0 Å². The molecular weight excluding hydrogens is 166 g/mol. The van der Waals surface area contributed by atoms with Crippen molar-refractivity contribution in [1.82, 2.24) is 5.32 Å². The van der Waals surface area contributed by atoms with Gasteiger partial charge in [0.2, 0.25) is 5.91 Å². The van der Waals surface area contributed by atoms with Crippen LogP contribution in [-0.2, 0) is 9.53 Å². The number of carbonyl (C=O) groups excluding carboxylic acids is 1. The van der Waals surface area contributed by atoms with E-state index in [1.165, 1.54) is 0 Å². The van der Waals surface area contributed by atoms with Gasteiger partial charge in [0.1, 0.15) is 6.61 Å². The van der Waals surface area contributed by atoms with Crippen LogP contribution in [0.2, 0.25) is 0 Å². The van der Waals surface area contributed by atoms with Crippen LogP contribution in [0, 0.1) is 11.8 Å². The van der Waals surface area contributed by atoms with Gasteiger partial charge in [0, 0.05) is 13.2 Å². The summed E-state index contributed by atoms with van der Waals surface area (Å²) in [6.07, 6.45) is 0. The topological polar surface area (TPSA) is 38.3 Å². The lowest BCUT2D eigenvalue weighted by Gasteiger charge is -2.15. The lowest BCUT2D eigenvalue weighted by Crippen LogP contribution is -2.32. The molecule has 3 nitrogen and oxygen atoms in total. The fourth-order valence-corrected chi connectivity index (χ4v) is 0.756. The maximum Gasteiger partial charge on any atom is 0.246 e. The van der Waals surface area contributed by atoms with E-state index < -0.39 is 0 Å². The number of hydrogen-bond acceptors (Lipinski definition) is 2. The standard InChI is InChI=1S/C10H21NO2/c1-5-13-7-10(12)11-6-9(4)8(2)3/h8-9H,5-7H2,1-4H3,(H,11,12). The number of hydrogen-bond donors (Lipinski definition) is 1. The van der Waals surface area contributed by atoms with Crippen LogP contribution in [0.15, 0.2) is 0 Å². The molecule has 0 aliphatic carbocycles. The van der Waals surface area contributed by atoms with Gasteiger partial charge in [0.15, 0.2) is 0 Å². The number of amides is 1. The van der Waals surface area contributed by atoms with Crippen LogP contribution in [0.1, 0.15) is 27.7 Å². The predicted molar refractivity (Wildman–Crippen MR) is 53.5 cm³/mol. The molecule has 0 saturated carbocycles. The number of nitrogens with one attached hydrogen (secondary N) is 1. The van der Waals surface area contributed by atoms with Crippen LogP contribution in [0.4, 0.5) is 0 Å². The van der Waals surface area contributed by atoms with Crippen LogP contribution in [0.25, 0.3) is 0 Å². The normalized spacial score (nSPS) is 13.0. The van der Waals surface area contributed by atoms with Crippen LogP contribution in [0.3, 0.4) is 0 Å². The van der Waals surface area contributed by atoms with Gasteiger partial charge in [-0.25, -0.2) is 0 Å². The van der Waals surface area contributed by atoms with Gasteiger partial charge in [-0.2, -0.15) is 0 Å². The Hall–Kier alpha value is -0.570. The van der Waals surface area contributed by atoms with Crippen molar-refractivity contribution in [2.24, 2.45) is 11.8 Å². The third kappa shape index (κ3) is 6.58. The average Bonchev–Trinajstić information content (AvgIpc) is 2.10. The van der Waals surface area contributed by atoms with E-state index in [-0.39, 0.29) is 12.5 Å². The zero-order chi connectivity index (χ0) is 10.3. The molecule has 0 bridgehead atoms. The summed E-state index contributed by atoms with van der Waals surface area (Å²) in [4.78, 5) is 11.1. The quantitative estimate of drug-likeness (QED) is 0.683. The maximum atomic E-state index is 11.1. The Bertz CT molecular complexity index is 146. The minimum atomic E-state index is -0.0191. The molecule has 1 atom stereocenters. The molecule has 0 fully saturated rings. The molecule has 0 radical (unpaired) electrons. The van der Waals surface area contributed by atoms with E-state index >= 15 is 0 Å². The Morgan fingerprint density at radius 1 is 1.38 bits per heavy atom. The summed E-state index contributed by atoms with van der Waals surface area (Å²) in [5.74, 6) is 1.10. The SMILES string of the molecule is CCOCC(=O)NCC(C)C(C)C. The second-order valence-corrected chi connectivity index (χ2v) is 3.66. The summed E-state index contributed by atoms with van der Waals surface area (Å²) in [5.41, 5.74) is 0. The zero-order valence-corrected chi connectivity index (χ0v) is 9.09. The van der Waals surface area contributed by atoms with Crippen LogP contribution in [-0.4, -0.2) is 25.7 Å². The van der Waals surface area contributed by atoms with E-state index in [0.717, 1.165) is 6.54 Å². The number of carbonyl (C=O) groups is 1. The van der Waals surface area contributed by atoms with Gasteiger partial charge in [-0.15, -0.1) is 0 Å². The van der Waals surface area contributed by atoms with Gasteiger partial charge < -0.3 is 10.1 Å². The fraction of sp³-hybridized carbons (Fsp3) is 0.900. The number of rotatable bonds is 6. The van der Waals surface area contributed by atoms with Gasteiger partial charge in [0.05, 0.1) is 0 Å². The molecule has 3 heteroatoms. The Morgan fingerprint density at radius 3 is 2.46 bits per heavy atom. The highest BCUT2D eigenvalue weighted by atomic mass is 16.5. The molecule has 0 aliphatic rings. The summed E-state index contributed by atoms with van der Waals surface area (Å²) in [7, 11) is 0. The molecule has 0 aromatic rings. The Morgan fingerprint density at radius 2 is 2.00 bits per heavy atom. The summed E-state index contributed by atoms with van der Waals surface area (Å²) < 4.78 is 4.98. The summed E-state index contributed by atoms with van der Waals surface area (Å²) >= 11 is 0. The monoisotopic (exact) mass is 187 g/mol. The lowest BCUT2D eigenvalue weighted by molar-refractivity contribution is -0.125. The van der Waals surface area contributed by atoms with Gasteiger partial charge >= 0.3 is 0 Å². The molecule has 13 heavy (non-hydrogen) atoms. The first-order valence-electron chi connectivity index (χ1n) is 4.92. The fourth-order valence-electron chi connectivity index (χ4n) is 0.756. The largest absolute Gasteiger partial charge is 0.372 e. The molecular formula is C10H21NO2. The molecule has 1 unspecified atom stereocenters. The summed E-state index contributed by atoms with van der Waals surface area (Å²) in [6.45, 7) is 9.83. The first-order chi connectivity index (χ1) is 6.07. The van der Waals surface area contributed by atoms with E-state index in [0.29, 0.717) is 18.4 Å². The Balaban J connectivity index is 3.46. The minimum absolute atomic E-state index is 0.0191. The molecule has 0 rings (SSSR count). The first kappa shape index (κ1) is 12.4. The molecule has 1 N–H and O–H groups in total. The second kappa shape index (κ2) is 6.89. The summed E-state index contributed by atoms with van der Waals surface area (Å²) in [6, 6.07) is 0. The van der Waals surface area contributed by atoms with Gasteiger partial charge in [-0.3, -0.25) is 4.79 Å². The van der Waals surface area contributed by atoms with Gasteiger partial charge in [-0.05, 0) is 18.8 Å². The zero-order valence-electron chi connectivity index (χ0n) is 9.09. The highest BCUT2D eigenvalue weighted by molar-refractivity contribution is 5.77. The highest BCUT2D eigenvalue weighted by Crippen LogP contribution is 2.07. The van der Waals surface area contributed by atoms with Crippen molar-refractivity contribution in [3.63, 3.8) is 0 Å². The highest BCUT2D eigenvalue weighted by Gasteiger charge is 2.08.